The Bertz CT molecular complexity index is 33.8. The molecular weight excluding hydrogens is 144 g/mol. The van der Waals surface area contributed by atoms with Crippen molar-refractivity contribution in [3.8, 4) is 0 Å². The summed E-state index contributed by atoms with van der Waals surface area (Å²) in [5, 5.41) is 16.0. The molecule has 0 bridgehead atoms. The van der Waals surface area contributed by atoms with E-state index in [2.05, 4.69) is 0 Å². The van der Waals surface area contributed by atoms with Crippen LogP contribution in [0.5, 0.6) is 0 Å². The van der Waals surface area contributed by atoms with Crippen LogP contribution in [0.25, 0.3) is 0 Å². The van der Waals surface area contributed by atoms with Gasteiger partial charge in [-0.05, 0) is 6.92 Å². The maximum Gasteiger partial charge on any atom is 2.00 e. The first kappa shape index (κ1) is 15.8. The van der Waals surface area contributed by atoms with Crippen LogP contribution in [-0.2, 0) is 0 Å². The van der Waals surface area contributed by atoms with Crippen molar-refractivity contribution in [2.45, 2.75) is 13.0 Å². The van der Waals surface area contributed by atoms with E-state index in [0.717, 1.165) is 0 Å². The molecule has 4 heteroatoms. The molecule has 0 amide bonds. The number of rotatable bonds is 1. The largest absolute Gasteiger partial charge is 2.00 e. The number of aliphatic hydroxyl groups excluding tert-OH is 2. The van der Waals surface area contributed by atoms with Crippen molar-refractivity contribution in [1.82, 2.24) is 0 Å². The third kappa shape index (κ3) is 18.6. The SMILES string of the molecule is CC(O)CO.Cl.[Ca+2].[H-].[H-]. The van der Waals surface area contributed by atoms with Gasteiger partial charge in [0.05, 0.1) is 12.7 Å². The minimum atomic E-state index is -0.560. The summed E-state index contributed by atoms with van der Waals surface area (Å²) in [6.45, 7) is 1.39. The van der Waals surface area contributed by atoms with Crippen LogP contribution in [-0.4, -0.2) is 60.7 Å². The smallest absolute Gasteiger partial charge is 1.00 e. The van der Waals surface area contributed by atoms with Gasteiger partial charge in [0.1, 0.15) is 0 Å². The third-order valence-corrected chi connectivity index (χ3v) is 0.264. The number of halogens is 1. The molecule has 0 spiro atoms. The Hall–Kier alpha value is 1.47. The van der Waals surface area contributed by atoms with Gasteiger partial charge in [-0.1, -0.05) is 0 Å². The Morgan fingerprint density at radius 2 is 1.86 bits per heavy atom. The molecule has 1 unspecified atom stereocenters. The fourth-order valence-electron chi connectivity index (χ4n) is 0. The van der Waals surface area contributed by atoms with Crippen LogP contribution in [0.3, 0.4) is 0 Å². The van der Waals surface area contributed by atoms with Crippen molar-refractivity contribution in [2.75, 3.05) is 6.61 Å². The molecule has 0 aliphatic heterocycles. The third-order valence-electron chi connectivity index (χ3n) is 0.264. The fraction of sp³-hybridized carbons (Fsp3) is 1.00. The Morgan fingerprint density at radius 3 is 1.86 bits per heavy atom. The molecule has 0 aromatic carbocycles. The van der Waals surface area contributed by atoms with Gasteiger partial charge in [-0.25, -0.2) is 0 Å². The van der Waals surface area contributed by atoms with Crippen molar-refractivity contribution < 1.29 is 13.1 Å². The fourth-order valence-corrected chi connectivity index (χ4v) is 0. The van der Waals surface area contributed by atoms with Gasteiger partial charge in [0.15, 0.2) is 0 Å². The van der Waals surface area contributed by atoms with Gasteiger partial charge < -0.3 is 13.1 Å². The van der Waals surface area contributed by atoms with Crippen molar-refractivity contribution in [3.63, 3.8) is 0 Å². The standard InChI is InChI=1S/C3H8O2.Ca.ClH.2H/c1-3(5)2-4;;;;/h3-5H,2H2,1H3;;1H;;/q;+2;;2*-1. The van der Waals surface area contributed by atoms with Gasteiger partial charge in [-0.3, -0.25) is 0 Å². The first-order chi connectivity index (χ1) is 2.27. The second-order valence-corrected chi connectivity index (χ2v) is 1.03. The van der Waals surface area contributed by atoms with Gasteiger partial charge in [0.2, 0.25) is 0 Å². The molecular formula is C3H11CaClO2. The van der Waals surface area contributed by atoms with Crippen LogP contribution in [0.2, 0.25) is 0 Å². The van der Waals surface area contributed by atoms with Gasteiger partial charge in [0.25, 0.3) is 0 Å². The van der Waals surface area contributed by atoms with Crippen LogP contribution in [0, 0.1) is 0 Å². The summed E-state index contributed by atoms with van der Waals surface area (Å²) in [6, 6.07) is 0. The molecule has 1 atom stereocenters. The zero-order valence-electron chi connectivity index (χ0n) is 6.29. The minimum Gasteiger partial charge on any atom is -1.00 e. The Morgan fingerprint density at radius 1 is 1.71 bits per heavy atom. The van der Waals surface area contributed by atoms with E-state index in [4.69, 9.17) is 10.2 Å². The molecule has 7 heavy (non-hydrogen) atoms. The Labute approximate surface area is 82.3 Å². The summed E-state index contributed by atoms with van der Waals surface area (Å²) < 4.78 is 0. The van der Waals surface area contributed by atoms with Crippen LogP contribution < -0.4 is 0 Å². The summed E-state index contributed by atoms with van der Waals surface area (Å²) in [4.78, 5) is 0. The zero-order chi connectivity index (χ0) is 4.28. The number of hydrogen-bond acceptors (Lipinski definition) is 2. The van der Waals surface area contributed by atoms with Crippen molar-refractivity contribution in [1.29, 1.82) is 0 Å². The van der Waals surface area contributed by atoms with Gasteiger partial charge in [-0.15, -0.1) is 12.4 Å². The van der Waals surface area contributed by atoms with E-state index in [0.29, 0.717) is 0 Å². The maximum atomic E-state index is 8.11. The quantitative estimate of drug-likeness (QED) is 0.506. The van der Waals surface area contributed by atoms with E-state index in [1.54, 1.807) is 0 Å². The van der Waals surface area contributed by atoms with Crippen LogP contribution >= 0.6 is 12.4 Å². The molecule has 0 rings (SSSR count). The summed E-state index contributed by atoms with van der Waals surface area (Å²) in [5.74, 6) is 0. The maximum absolute atomic E-state index is 8.11. The molecule has 0 aromatic heterocycles. The molecule has 2 N–H and O–H groups in total. The van der Waals surface area contributed by atoms with Gasteiger partial charge in [-0.2, -0.15) is 0 Å². The topological polar surface area (TPSA) is 40.5 Å². The summed E-state index contributed by atoms with van der Waals surface area (Å²) in [7, 11) is 0. The van der Waals surface area contributed by atoms with E-state index >= 15 is 0 Å². The molecule has 0 aliphatic carbocycles. The van der Waals surface area contributed by atoms with Gasteiger partial charge >= 0.3 is 37.7 Å². The molecule has 0 aromatic rings. The van der Waals surface area contributed by atoms with E-state index in [-0.39, 0.29) is 59.6 Å². The second-order valence-electron chi connectivity index (χ2n) is 1.03. The number of aliphatic hydroxyl groups is 2. The average Bonchev–Trinajstić information content (AvgIpc) is 1.38. The second kappa shape index (κ2) is 10.5. The van der Waals surface area contributed by atoms with Crippen molar-refractivity contribution in [2.24, 2.45) is 0 Å². The van der Waals surface area contributed by atoms with Crippen LogP contribution in [0.1, 0.15) is 9.78 Å². The molecule has 0 radical (unpaired) electrons. The summed E-state index contributed by atoms with van der Waals surface area (Å²) in [6.07, 6.45) is -0.560. The van der Waals surface area contributed by atoms with E-state index in [9.17, 15) is 0 Å². The van der Waals surface area contributed by atoms with Crippen molar-refractivity contribution >= 4 is 50.1 Å². The molecule has 0 heterocycles. The van der Waals surface area contributed by atoms with Crippen LogP contribution in [0.15, 0.2) is 0 Å². The number of hydrogen-bond donors (Lipinski definition) is 2. The molecule has 0 saturated carbocycles. The molecule has 0 fully saturated rings. The molecule has 0 saturated heterocycles. The zero-order valence-corrected chi connectivity index (χ0v) is 7.32. The van der Waals surface area contributed by atoms with Gasteiger partial charge in [0, 0.05) is 0 Å². The Kier molecular flexibility index (Phi) is 23.6. The minimum absolute atomic E-state index is 0. The van der Waals surface area contributed by atoms with Crippen LogP contribution in [0.4, 0.5) is 0 Å². The van der Waals surface area contributed by atoms with E-state index in [1.807, 2.05) is 0 Å². The molecule has 0 aliphatic rings. The summed E-state index contributed by atoms with van der Waals surface area (Å²) in [5.41, 5.74) is 0. The van der Waals surface area contributed by atoms with E-state index < -0.39 is 6.10 Å². The van der Waals surface area contributed by atoms with Crippen molar-refractivity contribution in [3.05, 3.63) is 0 Å². The average molecular weight is 155 g/mol. The predicted octanol–water partition coefficient (Wildman–Crippen LogP) is -0.374. The molecule has 44 valence electrons. The molecule has 2 nitrogen and oxygen atoms in total. The first-order valence-electron chi connectivity index (χ1n) is 1.56. The Balaban J connectivity index is -0.0000000133. The first-order valence-corrected chi connectivity index (χ1v) is 1.56. The van der Waals surface area contributed by atoms with E-state index in [1.165, 1.54) is 6.92 Å². The monoisotopic (exact) mass is 154 g/mol. The summed E-state index contributed by atoms with van der Waals surface area (Å²) >= 11 is 0. The predicted molar refractivity (Wildman–Crippen MR) is 34.0 cm³/mol. The normalized spacial score (nSPS) is 10.7.